The number of hydrogen-bond donors (Lipinski definition) is 1. The zero-order chi connectivity index (χ0) is 32.5. The second-order valence-electron chi connectivity index (χ2n) is 11.9. The van der Waals surface area contributed by atoms with E-state index in [0.717, 1.165) is 0 Å². The van der Waals surface area contributed by atoms with Crippen LogP contribution in [0, 0.1) is 17.8 Å². The monoisotopic (exact) mass is 651 g/mol. The van der Waals surface area contributed by atoms with Gasteiger partial charge in [-0.15, -0.1) is 24.9 Å². The van der Waals surface area contributed by atoms with Gasteiger partial charge in [0.2, 0.25) is 11.8 Å². The molecule has 0 radical (unpaired) electrons. The lowest BCUT2D eigenvalue weighted by atomic mass is 9.65. The number of carbonyl (C=O) groups excluding carboxylic acids is 3. The van der Waals surface area contributed by atoms with Crippen molar-refractivity contribution in [3.8, 4) is 5.75 Å². The van der Waals surface area contributed by atoms with Gasteiger partial charge in [-0.25, -0.2) is 0 Å². The molecule has 3 aliphatic rings. The Bertz CT molecular complexity index is 1450. The van der Waals surface area contributed by atoms with Crippen molar-refractivity contribution in [3.05, 3.63) is 78.9 Å². The quantitative estimate of drug-likeness (QED) is 0.284. The number of anilines is 2. The van der Waals surface area contributed by atoms with Crippen molar-refractivity contribution in [2.45, 2.75) is 55.7 Å². The molecule has 3 amide bonds. The van der Waals surface area contributed by atoms with Gasteiger partial charge in [-0.3, -0.25) is 14.4 Å². The molecule has 3 heterocycles. The average molecular weight is 652 g/mol. The summed E-state index contributed by atoms with van der Waals surface area (Å²) in [6, 6.07) is 13.0. The van der Waals surface area contributed by atoms with Gasteiger partial charge in [0.15, 0.2) is 0 Å². The Hall–Kier alpha value is -3.27. The SMILES string of the molecule is C=CCN(C(=O)[C@@H]1[C@H]2C(=O)N([C@@H](CC)CO)C(C(=O)N(CC=C)c3ccccc3Cl)C23S[C@@H]1CC3C)c1ccc(OCC)cc1. The summed E-state index contributed by atoms with van der Waals surface area (Å²) in [7, 11) is 0. The predicted molar refractivity (Wildman–Crippen MR) is 181 cm³/mol. The fourth-order valence-electron chi connectivity index (χ4n) is 7.60. The molecule has 0 aliphatic carbocycles. The first-order valence-electron chi connectivity index (χ1n) is 15.6. The summed E-state index contributed by atoms with van der Waals surface area (Å²) in [6.07, 6.45) is 4.47. The highest BCUT2D eigenvalue weighted by Crippen LogP contribution is 2.69. The van der Waals surface area contributed by atoms with E-state index in [1.807, 2.05) is 44.2 Å². The highest BCUT2D eigenvalue weighted by Gasteiger charge is 2.77. The molecule has 3 aliphatic heterocycles. The van der Waals surface area contributed by atoms with Crippen molar-refractivity contribution < 1.29 is 24.2 Å². The zero-order valence-electron chi connectivity index (χ0n) is 26.1. The number of likely N-dealkylation sites (tertiary alicyclic amines) is 1. The Labute approximate surface area is 275 Å². The number of benzene rings is 2. The van der Waals surface area contributed by atoms with Crippen LogP contribution in [0.2, 0.25) is 5.02 Å². The van der Waals surface area contributed by atoms with Crippen LogP contribution in [-0.2, 0) is 14.4 Å². The smallest absolute Gasteiger partial charge is 0.251 e. The molecule has 2 aromatic carbocycles. The van der Waals surface area contributed by atoms with E-state index in [4.69, 9.17) is 16.3 Å². The lowest BCUT2D eigenvalue weighted by Crippen LogP contribution is -2.59. The zero-order valence-corrected chi connectivity index (χ0v) is 27.7. The highest BCUT2D eigenvalue weighted by atomic mass is 35.5. The third-order valence-electron chi connectivity index (χ3n) is 9.54. The number of halogens is 1. The lowest BCUT2D eigenvalue weighted by molar-refractivity contribution is -0.142. The molecule has 45 heavy (non-hydrogen) atoms. The van der Waals surface area contributed by atoms with Crippen molar-refractivity contribution in [2.75, 3.05) is 36.1 Å². The Morgan fingerprint density at radius 1 is 1.11 bits per heavy atom. The number of ether oxygens (including phenoxy) is 1. The molecule has 8 nitrogen and oxygen atoms in total. The van der Waals surface area contributed by atoms with Crippen molar-refractivity contribution in [2.24, 2.45) is 17.8 Å². The molecular weight excluding hydrogens is 610 g/mol. The molecule has 5 rings (SSSR count). The molecule has 1 N–H and O–H groups in total. The van der Waals surface area contributed by atoms with Crippen LogP contribution in [0.25, 0.3) is 0 Å². The van der Waals surface area contributed by atoms with Crippen LogP contribution < -0.4 is 14.5 Å². The molecule has 3 unspecified atom stereocenters. The standard InChI is InChI=1S/C35H42ClN3O5S/c1-6-18-37(24-14-16-25(17-15-24)44-9-4)32(41)29-28-20-22(5)35(45-28)30(29)33(42)39(23(8-3)21-40)31(35)34(43)38(19-7-2)27-13-11-10-12-26(27)36/h6-7,10-17,22-23,28-31,40H,1-2,8-9,18-21H2,3-5H3/t22?,23-,28+,29-,30-,31?,35?/m0/s1. The first-order chi connectivity index (χ1) is 21.7. The number of carbonyl (C=O) groups is 3. The first-order valence-corrected chi connectivity index (χ1v) is 16.9. The normalized spacial score (nSPS) is 27.2. The van der Waals surface area contributed by atoms with E-state index in [-0.39, 0.29) is 48.6 Å². The minimum atomic E-state index is -0.899. The van der Waals surface area contributed by atoms with E-state index in [2.05, 4.69) is 20.1 Å². The highest BCUT2D eigenvalue weighted by molar-refractivity contribution is 8.02. The van der Waals surface area contributed by atoms with E-state index >= 15 is 0 Å². The van der Waals surface area contributed by atoms with Crippen molar-refractivity contribution in [3.63, 3.8) is 0 Å². The predicted octanol–water partition coefficient (Wildman–Crippen LogP) is 5.59. The molecule has 3 saturated heterocycles. The van der Waals surface area contributed by atoms with E-state index < -0.39 is 28.7 Å². The third kappa shape index (κ3) is 5.47. The first kappa shape index (κ1) is 33.1. The van der Waals surface area contributed by atoms with Gasteiger partial charge in [-0.1, -0.05) is 49.7 Å². The number of thioether (sulfide) groups is 1. The number of rotatable bonds is 13. The van der Waals surface area contributed by atoms with Crippen molar-refractivity contribution in [1.82, 2.24) is 4.90 Å². The summed E-state index contributed by atoms with van der Waals surface area (Å²) in [4.78, 5) is 49.1. The maximum absolute atomic E-state index is 14.9. The number of aliphatic hydroxyl groups is 1. The topological polar surface area (TPSA) is 90.4 Å². The van der Waals surface area contributed by atoms with Crippen LogP contribution in [0.5, 0.6) is 5.75 Å². The molecule has 2 aromatic rings. The van der Waals surface area contributed by atoms with Gasteiger partial charge >= 0.3 is 0 Å². The minimum absolute atomic E-state index is 0.0317. The van der Waals surface area contributed by atoms with Crippen LogP contribution >= 0.6 is 23.4 Å². The van der Waals surface area contributed by atoms with Crippen LogP contribution in [0.1, 0.15) is 33.6 Å². The largest absolute Gasteiger partial charge is 0.494 e. The van der Waals surface area contributed by atoms with Gasteiger partial charge < -0.3 is 24.5 Å². The number of para-hydroxylation sites is 1. The van der Waals surface area contributed by atoms with Gasteiger partial charge in [0, 0.05) is 24.0 Å². The summed E-state index contributed by atoms with van der Waals surface area (Å²) < 4.78 is 4.74. The van der Waals surface area contributed by atoms with E-state index in [9.17, 15) is 19.5 Å². The van der Waals surface area contributed by atoms with E-state index in [1.165, 1.54) is 0 Å². The van der Waals surface area contributed by atoms with Crippen LogP contribution in [0.3, 0.4) is 0 Å². The second kappa shape index (κ2) is 13.6. The maximum Gasteiger partial charge on any atom is 0.251 e. The van der Waals surface area contributed by atoms with Crippen LogP contribution in [0.4, 0.5) is 11.4 Å². The van der Waals surface area contributed by atoms with Crippen molar-refractivity contribution >= 4 is 52.5 Å². The Balaban J connectivity index is 1.60. The molecular formula is C35H42ClN3O5S. The molecule has 240 valence electrons. The summed E-state index contributed by atoms with van der Waals surface area (Å²) >= 11 is 8.21. The molecule has 7 atom stereocenters. The Morgan fingerprint density at radius 2 is 1.78 bits per heavy atom. The van der Waals surface area contributed by atoms with E-state index in [1.54, 1.807) is 56.8 Å². The second-order valence-corrected chi connectivity index (χ2v) is 13.9. The molecule has 3 fully saturated rings. The van der Waals surface area contributed by atoms with Gasteiger partial charge in [-0.05, 0) is 62.1 Å². The Kier molecular flexibility index (Phi) is 10.0. The fraction of sp³-hybridized carbons (Fsp3) is 0.457. The fourth-order valence-corrected chi connectivity index (χ4v) is 10.2. The maximum atomic E-state index is 14.9. The summed E-state index contributed by atoms with van der Waals surface area (Å²) in [5.74, 6) is -1.40. The summed E-state index contributed by atoms with van der Waals surface area (Å²) in [5, 5.41) is 10.8. The number of nitrogens with zero attached hydrogens (tertiary/aromatic N) is 3. The summed E-state index contributed by atoms with van der Waals surface area (Å²) in [5.41, 5.74) is 1.21. The molecule has 0 aromatic heterocycles. The van der Waals surface area contributed by atoms with Gasteiger partial charge in [0.1, 0.15) is 11.8 Å². The molecule has 10 heteroatoms. The van der Waals surface area contributed by atoms with Gasteiger partial charge in [0.25, 0.3) is 5.91 Å². The van der Waals surface area contributed by atoms with Crippen LogP contribution in [0.15, 0.2) is 73.8 Å². The average Bonchev–Trinajstić information content (AvgIpc) is 3.63. The third-order valence-corrected chi connectivity index (χ3v) is 11.9. The van der Waals surface area contributed by atoms with Crippen LogP contribution in [-0.4, -0.2) is 76.1 Å². The number of amides is 3. The molecule has 2 bridgehead atoms. The lowest BCUT2D eigenvalue weighted by Gasteiger charge is -2.42. The number of hydrogen-bond acceptors (Lipinski definition) is 6. The minimum Gasteiger partial charge on any atom is -0.494 e. The van der Waals surface area contributed by atoms with Gasteiger partial charge in [-0.2, -0.15) is 0 Å². The Morgan fingerprint density at radius 3 is 2.38 bits per heavy atom. The molecule has 0 saturated carbocycles. The summed E-state index contributed by atoms with van der Waals surface area (Å²) in [6.45, 7) is 14.4. The van der Waals surface area contributed by atoms with Crippen molar-refractivity contribution in [1.29, 1.82) is 0 Å². The number of aliphatic hydroxyl groups excluding tert-OH is 1. The molecule has 1 spiro atoms. The number of fused-ring (bicyclic) bond motifs is 1. The van der Waals surface area contributed by atoms with Gasteiger partial charge in [0.05, 0.1) is 46.5 Å². The van der Waals surface area contributed by atoms with E-state index in [0.29, 0.717) is 41.6 Å².